The molecule has 0 aliphatic carbocycles. The lowest BCUT2D eigenvalue weighted by atomic mass is 10.3. The van der Waals surface area contributed by atoms with Crippen LogP contribution in [0.3, 0.4) is 0 Å². The zero-order valence-corrected chi connectivity index (χ0v) is 9.86. The molecule has 0 aliphatic heterocycles. The maximum absolute atomic E-state index is 13.0. The second-order valence-corrected chi connectivity index (χ2v) is 3.93. The molecule has 5 nitrogen and oxygen atoms in total. The van der Waals surface area contributed by atoms with Crippen molar-refractivity contribution in [2.75, 3.05) is 11.9 Å². The molecule has 0 aliphatic rings. The van der Waals surface area contributed by atoms with Crippen LogP contribution in [-0.2, 0) is 4.79 Å². The lowest BCUT2D eigenvalue weighted by molar-refractivity contribution is -0.137. The van der Waals surface area contributed by atoms with Gasteiger partial charge in [0.25, 0.3) is 0 Å². The maximum atomic E-state index is 13.0. The summed E-state index contributed by atoms with van der Waals surface area (Å²) in [6, 6.07) is 1.95. The lowest BCUT2D eigenvalue weighted by Gasteiger charge is -2.05. The Morgan fingerprint density at radius 3 is 2.63 bits per heavy atom. The molecule has 7 heteroatoms. The highest BCUT2D eigenvalue weighted by Crippen LogP contribution is 2.16. The molecule has 1 aromatic carbocycles. The molecule has 0 radical (unpaired) electrons. The predicted octanol–water partition coefficient (Wildman–Crippen LogP) is 2.18. The molecule has 2 aromatic rings. The van der Waals surface area contributed by atoms with Crippen LogP contribution in [0.5, 0.6) is 0 Å². The number of carbonyl (C=O) groups is 1. The van der Waals surface area contributed by atoms with E-state index in [1.54, 1.807) is 0 Å². The smallest absolute Gasteiger partial charge is 0.303 e. The molecule has 0 fully saturated rings. The third-order valence-corrected chi connectivity index (χ3v) is 2.46. The van der Waals surface area contributed by atoms with Crippen LogP contribution in [0.4, 0.5) is 14.6 Å². The molecule has 0 unspecified atom stereocenters. The summed E-state index contributed by atoms with van der Waals surface area (Å²) in [5, 5.41) is 11.3. The van der Waals surface area contributed by atoms with Gasteiger partial charge in [-0.1, -0.05) is 0 Å². The quantitative estimate of drug-likeness (QED) is 0.812. The van der Waals surface area contributed by atoms with E-state index in [0.717, 1.165) is 12.1 Å². The molecule has 0 bridgehead atoms. The molecular weight excluding hydrogens is 256 g/mol. The number of aromatic nitrogens is 2. The van der Waals surface area contributed by atoms with Crippen molar-refractivity contribution in [3.05, 3.63) is 30.0 Å². The fourth-order valence-corrected chi connectivity index (χ4v) is 1.55. The Balaban J connectivity index is 2.08. The summed E-state index contributed by atoms with van der Waals surface area (Å²) < 4.78 is 26.0. The summed E-state index contributed by atoms with van der Waals surface area (Å²) in [5.74, 6) is -2.43. The van der Waals surface area contributed by atoms with Crippen LogP contribution in [0.1, 0.15) is 12.8 Å². The van der Waals surface area contributed by atoms with E-state index in [-0.39, 0.29) is 17.5 Å². The number of nitrogens with one attached hydrogen (secondary N) is 1. The SMILES string of the molecule is O=C(O)CCCNc1cnc2cc(F)c(F)cc2n1. The molecule has 0 spiro atoms. The summed E-state index contributed by atoms with van der Waals surface area (Å²) in [5.41, 5.74) is 0.497. The first-order valence-electron chi connectivity index (χ1n) is 5.64. The highest BCUT2D eigenvalue weighted by molar-refractivity contribution is 5.75. The van der Waals surface area contributed by atoms with Gasteiger partial charge in [-0.15, -0.1) is 0 Å². The first kappa shape index (κ1) is 13.1. The van der Waals surface area contributed by atoms with Crippen LogP contribution in [0.15, 0.2) is 18.3 Å². The predicted molar refractivity (Wildman–Crippen MR) is 64.8 cm³/mol. The van der Waals surface area contributed by atoms with E-state index in [9.17, 15) is 13.6 Å². The van der Waals surface area contributed by atoms with Crippen molar-refractivity contribution in [2.24, 2.45) is 0 Å². The number of fused-ring (bicyclic) bond motifs is 1. The molecule has 2 rings (SSSR count). The molecule has 0 atom stereocenters. The van der Waals surface area contributed by atoms with Gasteiger partial charge in [0.05, 0.1) is 17.2 Å². The second-order valence-electron chi connectivity index (χ2n) is 3.93. The molecule has 100 valence electrons. The Morgan fingerprint density at radius 1 is 1.26 bits per heavy atom. The molecule has 0 amide bonds. The lowest BCUT2D eigenvalue weighted by Crippen LogP contribution is -2.06. The maximum Gasteiger partial charge on any atom is 0.303 e. The number of anilines is 1. The Hall–Kier alpha value is -2.31. The number of aliphatic carboxylic acids is 1. The van der Waals surface area contributed by atoms with Gasteiger partial charge in [-0.3, -0.25) is 9.78 Å². The third kappa shape index (κ3) is 3.34. The van der Waals surface area contributed by atoms with E-state index in [0.29, 0.717) is 18.8 Å². The van der Waals surface area contributed by atoms with Crippen molar-refractivity contribution < 1.29 is 18.7 Å². The van der Waals surface area contributed by atoms with Crippen molar-refractivity contribution in [2.45, 2.75) is 12.8 Å². The van der Waals surface area contributed by atoms with Gasteiger partial charge < -0.3 is 10.4 Å². The van der Waals surface area contributed by atoms with E-state index in [2.05, 4.69) is 15.3 Å². The van der Waals surface area contributed by atoms with Crippen LogP contribution in [0.2, 0.25) is 0 Å². The van der Waals surface area contributed by atoms with Crippen molar-refractivity contribution in [1.29, 1.82) is 0 Å². The van der Waals surface area contributed by atoms with E-state index in [1.807, 2.05) is 0 Å². The number of rotatable bonds is 5. The molecular formula is C12H11F2N3O2. The average molecular weight is 267 g/mol. The zero-order chi connectivity index (χ0) is 13.8. The minimum atomic E-state index is -0.982. The first-order valence-corrected chi connectivity index (χ1v) is 5.64. The number of carboxylic acids is 1. The summed E-state index contributed by atoms with van der Waals surface area (Å²) in [6.07, 6.45) is 1.88. The Labute approximate surface area is 107 Å². The first-order chi connectivity index (χ1) is 9.06. The molecule has 1 heterocycles. The number of halogens is 2. The summed E-state index contributed by atoms with van der Waals surface area (Å²) in [4.78, 5) is 18.3. The number of carboxylic acid groups (broad SMARTS) is 1. The monoisotopic (exact) mass is 267 g/mol. The number of hydrogen-bond donors (Lipinski definition) is 2. The van der Waals surface area contributed by atoms with Gasteiger partial charge in [-0.2, -0.15) is 0 Å². The van der Waals surface area contributed by atoms with Crippen molar-refractivity contribution in [1.82, 2.24) is 9.97 Å². The van der Waals surface area contributed by atoms with Crippen molar-refractivity contribution >= 4 is 22.8 Å². The van der Waals surface area contributed by atoms with Gasteiger partial charge in [-0.25, -0.2) is 13.8 Å². The summed E-state index contributed by atoms with van der Waals surface area (Å²) in [6.45, 7) is 0.413. The summed E-state index contributed by atoms with van der Waals surface area (Å²) in [7, 11) is 0. The summed E-state index contributed by atoms with van der Waals surface area (Å²) >= 11 is 0. The number of nitrogens with zero attached hydrogens (tertiary/aromatic N) is 2. The number of hydrogen-bond acceptors (Lipinski definition) is 4. The molecule has 1 aromatic heterocycles. The van der Waals surface area contributed by atoms with Gasteiger partial charge in [-0.05, 0) is 6.42 Å². The Kier molecular flexibility index (Phi) is 3.84. The molecule has 19 heavy (non-hydrogen) atoms. The van der Waals surface area contributed by atoms with Gasteiger partial charge in [0.1, 0.15) is 5.82 Å². The van der Waals surface area contributed by atoms with E-state index in [1.165, 1.54) is 6.20 Å². The molecule has 0 saturated carbocycles. The fourth-order valence-electron chi connectivity index (χ4n) is 1.55. The van der Waals surface area contributed by atoms with Crippen molar-refractivity contribution in [3.63, 3.8) is 0 Å². The fraction of sp³-hybridized carbons (Fsp3) is 0.250. The van der Waals surface area contributed by atoms with Crippen LogP contribution < -0.4 is 5.32 Å². The van der Waals surface area contributed by atoms with Gasteiger partial charge in [0.15, 0.2) is 11.6 Å². The van der Waals surface area contributed by atoms with E-state index in [4.69, 9.17) is 5.11 Å². The minimum Gasteiger partial charge on any atom is -0.481 e. The standard InChI is InChI=1S/C12H11F2N3O2/c13-7-4-9-10(5-8(7)14)17-11(6-16-9)15-3-1-2-12(18)19/h4-6H,1-3H2,(H,15,17)(H,18,19). The normalized spacial score (nSPS) is 10.6. The van der Waals surface area contributed by atoms with Crippen LogP contribution in [-0.4, -0.2) is 27.6 Å². The van der Waals surface area contributed by atoms with Gasteiger partial charge in [0, 0.05) is 25.1 Å². The highest BCUT2D eigenvalue weighted by Gasteiger charge is 2.06. The van der Waals surface area contributed by atoms with Gasteiger partial charge in [0.2, 0.25) is 0 Å². The zero-order valence-electron chi connectivity index (χ0n) is 9.86. The van der Waals surface area contributed by atoms with E-state index >= 15 is 0 Å². The van der Waals surface area contributed by atoms with Crippen LogP contribution in [0, 0.1) is 11.6 Å². The van der Waals surface area contributed by atoms with Gasteiger partial charge >= 0.3 is 5.97 Å². The number of benzene rings is 1. The van der Waals surface area contributed by atoms with E-state index < -0.39 is 17.6 Å². The minimum absolute atomic E-state index is 0.0495. The second kappa shape index (κ2) is 5.55. The largest absolute Gasteiger partial charge is 0.481 e. The van der Waals surface area contributed by atoms with Crippen LogP contribution in [0.25, 0.3) is 11.0 Å². The van der Waals surface area contributed by atoms with Crippen molar-refractivity contribution in [3.8, 4) is 0 Å². The van der Waals surface area contributed by atoms with Crippen LogP contribution >= 0.6 is 0 Å². The Bertz CT molecular complexity index is 619. The average Bonchev–Trinajstić information content (AvgIpc) is 2.36. The third-order valence-electron chi connectivity index (χ3n) is 2.46. The molecule has 2 N–H and O–H groups in total. The molecule has 0 saturated heterocycles. The topological polar surface area (TPSA) is 75.1 Å². The Morgan fingerprint density at radius 2 is 1.95 bits per heavy atom. The highest BCUT2D eigenvalue weighted by atomic mass is 19.2.